The van der Waals surface area contributed by atoms with Crippen molar-refractivity contribution >= 4 is 29.2 Å². The van der Waals surface area contributed by atoms with E-state index in [9.17, 15) is 14.4 Å². The Labute approximate surface area is 145 Å². The number of rotatable bonds is 3. The van der Waals surface area contributed by atoms with Crippen LogP contribution in [0.3, 0.4) is 0 Å². The topological polar surface area (TPSA) is 60.9 Å². The van der Waals surface area contributed by atoms with Crippen LogP contribution < -0.4 is 9.80 Å². The highest BCUT2D eigenvalue weighted by Crippen LogP contribution is 2.28. The summed E-state index contributed by atoms with van der Waals surface area (Å²) < 4.78 is 0. The number of hydrogen-bond donors (Lipinski definition) is 0. The Morgan fingerprint density at radius 3 is 2.48 bits per heavy atom. The van der Waals surface area contributed by atoms with Crippen LogP contribution in [0.5, 0.6) is 0 Å². The number of para-hydroxylation sites is 2. The Balaban J connectivity index is 1.51. The summed E-state index contributed by atoms with van der Waals surface area (Å²) in [5.74, 6) is -0.587. The molecule has 2 aromatic rings. The smallest absolute Gasteiger partial charge is 0.310 e. The quantitative estimate of drug-likeness (QED) is 0.807. The van der Waals surface area contributed by atoms with Crippen molar-refractivity contribution in [1.29, 1.82) is 0 Å². The van der Waals surface area contributed by atoms with Crippen molar-refractivity contribution in [3.8, 4) is 0 Å². The third kappa shape index (κ3) is 2.65. The maximum atomic E-state index is 12.7. The van der Waals surface area contributed by atoms with E-state index in [0.29, 0.717) is 12.2 Å². The van der Waals surface area contributed by atoms with E-state index in [0.717, 1.165) is 22.6 Å². The van der Waals surface area contributed by atoms with Crippen LogP contribution in [0.1, 0.15) is 5.56 Å². The Morgan fingerprint density at radius 2 is 1.68 bits per heavy atom. The van der Waals surface area contributed by atoms with Gasteiger partial charge in [0.25, 0.3) is 5.91 Å². The molecule has 25 heavy (non-hydrogen) atoms. The summed E-state index contributed by atoms with van der Waals surface area (Å²) >= 11 is 0. The number of urea groups is 1. The summed E-state index contributed by atoms with van der Waals surface area (Å²) in [6.45, 7) is 0.318. The van der Waals surface area contributed by atoms with Gasteiger partial charge in [-0.25, -0.2) is 4.79 Å². The third-order valence-electron chi connectivity index (χ3n) is 4.61. The largest absolute Gasteiger partial charge is 0.332 e. The Bertz CT molecular complexity index is 850. The average molecular weight is 335 g/mol. The van der Waals surface area contributed by atoms with E-state index < -0.39 is 6.03 Å². The first kappa shape index (κ1) is 15.4. The molecule has 6 heteroatoms. The van der Waals surface area contributed by atoms with Crippen molar-refractivity contribution < 1.29 is 14.4 Å². The first-order valence-electron chi connectivity index (χ1n) is 8.20. The molecule has 1 saturated heterocycles. The van der Waals surface area contributed by atoms with Crippen molar-refractivity contribution in [2.75, 3.05) is 29.4 Å². The minimum atomic E-state index is -0.447. The summed E-state index contributed by atoms with van der Waals surface area (Å²) in [6.07, 6.45) is 0.792. The van der Waals surface area contributed by atoms with Gasteiger partial charge in [-0.2, -0.15) is 0 Å². The lowest BCUT2D eigenvalue weighted by molar-refractivity contribution is -0.129. The lowest BCUT2D eigenvalue weighted by Crippen LogP contribution is -2.43. The van der Waals surface area contributed by atoms with Gasteiger partial charge in [-0.3, -0.25) is 19.4 Å². The van der Waals surface area contributed by atoms with Crippen LogP contribution in [0.2, 0.25) is 0 Å². The van der Waals surface area contributed by atoms with Crippen LogP contribution in [-0.4, -0.2) is 42.4 Å². The molecule has 4 rings (SSSR count). The molecule has 0 spiro atoms. The van der Waals surface area contributed by atoms with Gasteiger partial charge in [-0.05, 0) is 30.2 Å². The Morgan fingerprint density at radius 1 is 0.960 bits per heavy atom. The van der Waals surface area contributed by atoms with Crippen LogP contribution in [0.4, 0.5) is 16.2 Å². The lowest BCUT2D eigenvalue weighted by atomic mass is 10.2. The zero-order valence-electron chi connectivity index (χ0n) is 13.6. The third-order valence-corrected chi connectivity index (χ3v) is 4.61. The number of imide groups is 1. The van der Waals surface area contributed by atoms with Gasteiger partial charge < -0.3 is 4.90 Å². The van der Waals surface area contributed by atoms with E-state index in [-0.39, 0.29) is 24.9 Å². The molecule has 0 aromatic heterocycles. The normalized spacial score (nSPS) is 16.6. The second kappa shape index (κ2) is 6.05. The summed E-state index contributed by atoms with van der Waals surface area (Å²) in [5, 5.41) is 0. The number of amides is 4. The van der Waals surface area contributed by atoms with E-state index in [1.807, 2.05) is 42.5 Å². The predicted molar refractivity (Wildman–Crippen MR) is 93.4 cm³/mol. The van der Waals surface area contributed by atoms with E-state index in [2.05, 4.69) is 0 Å². The zero-order chi connectivity index (χ0) is 17.4. The molecule has 2 aliphatic rings. The fourth-order valence-corrected chi connectivity index (χ4v) is 3.32. The highest BCUT2D eigenvalue weighted by Gasteiger charge is 2.39. The molecule has 0 atom stereocenters. The molecular weight excluding hydrogens is 318 g/mol. The molecule has 0 unspecified atom stereocenters. The Kier molecular flexibility index (Phi) is 3.72. The molecule has 2 aromatic carbocycles. The minimum absolute atomic E-state index is 0.0350. The molecule has 0 radical (unpaired) electrons. The second-order valence-corrected chi connectivity index (χ2v) is 6.11. The number of anilines is 2. The molecule has 2 aliphatic heterocycles. The Hall–Kier alpha value is -3.15. The van der Waals surface area contributed by atoms with Crippen LogP contribution in [-0.2, 0) is 16.0 Å². The van der Waals surface area contributed by atoms with Gasteiger partial charge in [-0.1, -0.05) is 36.4 Å². The number of benzene rings is 2. The molecule has 0 N–H and O–H groups in total. The second-order valence-electron chi connectivity index (χ2n) is 6.11. The maximum Gasteiger partial charge on any atom is 0.332 e. The fraction of sp³-hybridized carbons (Fsp3) is 0.211. The summed E-state index contributed by atoms with van der Waals surface area (Å²) in [6, 6.07) is 16.3. The van der Waals surface area contributed by atoms with Crippen LogP contribution in [0.25, 0.3) is 0 Å². The van der Waals surface area contributed by atoms with Crippen molar-refractivity contribution in [2.45, 2.75) is 6.42 Å². The van der Waals surface area contributed by atoms with E-state index in [4.69, 9.17) is 0 Å². The zero-order valence-corrected chi connectivity index (χ0v) is 13.6. The van der Waals surface area contributed by atoms with Crippen LogP contribution >= 0.6 is 0 Å². The average Bonchev–Trinajstić information content (AvgIpc) is 3.19. The summed E-state index contributed by atoms with van der Waals surface area (Å²) in [4.78, 5) is 41.6. The molecule has 0 saturated carbocycles. The standard InChI is InChI=1S/C19H17N3O3/c23-17(20-11-10-14-6-4-5-9-16(14)20)13-22-18(24)12-21(19(22)25)15-7-2-1-3-8-15/h1-9H,10-13H2. The van der Waals surface area contributed by atoms with Crippen LogP contribution in [0, 0.1) is 0 Å². The summed E-state index contributed by atoms with van der Waals surface area (Å²) in [7, 11) is 0. The van der Waals surface area contributed by atoms with Gasteiger partial charge in [0.05, 0.1) is 0 Å². The number of fused-ring (bicyclic) bond motifs is 1. The number of carbonyl (C=O) groups is 3. The van der Waals surface area contributed by atoms with Crippen molar-refractivity contribution in [2.24, 2.45) is 0 Å². The first-order valence-corrected chi connectivity index (χ1v) is 8.20. The van der Waals surface area contributed by atoms with Gasteiger partial charge in [0.1, 0.15) is 13.1 Å². The highest BCUT2D eigenvalue weighted by atomic mass is 16.2. The van der Waals surface area contributed by atoms with Gasteiger partial charge in [-0.15, -0.1) is 0 Å². The monoisotopic (exact) mass is 335 g/mol. The number of hydrogen-bond acceptors (Lipinski definition) is 3. The summed E-state index contributed by atoms with van der Waals surface area (Å²) in [5.41, 5.74) is 2.63. The van der Waals surface area contributed by atoms with Gasteiger partial charge in [0.2, 0.25) is 5.91 Å². The van der Waals surface area contributed by atoms with Gasteiger partial charge in [0, 0.05) is 17.9 Å². The van der Waals surface area contributed by atoms with E-state index in [1.54, 1.807) is 17.0 Å². The molecular formula is C19H17N3O3. The molecule has 4 amide bonds. The molecule has 126 valence electrons. The van der Waals surface area contributed by atoms with Crippen molar-refractivity contribution in [1.82, 2.24) is 4.90 Å². The van der Waals surface area contributed by atoms with Crippen molar-refractivity contribution in [3.63, 3.8) is 0 Å². The predicted octanol–water partition coefficient (Wildman–Crippen LogP) is 2.04. The molecule has 0 bridgehead atoms. The van der Waals surface area contributed by atoms with E-state index >= 15 is 0 Å². The number of carbonyl (C=O) groups excluding carboxylic acids is 3. The molecule has 0 aliphatic carbocycles. The van der Waals surface area contributed by atoms with Crippen LogP contribution in [0.15, 0.2) is 54.6 Å². The molecule has 6 nitrogen and oxygen atoms in total. The maximum absolute atomic E-state index is 12.7. The van der Waals surface area contributed by atoms with Crippen molar-refractivity contribution in [3.05, 3.63) is 60.2 Å². The highest BCUT2D eigenvalue weighted by molar-refractivity contribution is 6.14. The van der Waals surface area contributed by atoms with Gasteiger partial charge in [0.15, 0.2) is 0 Å². The molecule has 2 heterocycles. The van der Waals surface area contributed by atoms with E-state index in [1.165, 1.54) is 4.90 Å². The SMILES string of the molecule is O=C1CN(c2ccccc2)C(=O)N1CC(=O)N1CCc2ccccc21. The molecule has 1 fully saturated rings. The minimum Gasteiger partial charge on any atom is -0.310 e. The first-order chi connectivity index (χ1) is 12.1. The fourth-order valence-electron chi connectivity index (χ4n) is 3.32. The van der Waals surface area contributed by atoms with Gasteiger partial charge >= 0.3 is 6.03 Å². The lowest BCUT2D eigenvalue weighted by Gasteiger charge is -2.21. The number of nitrogens with zero attached hydrogens (tertiary/aromatic N) is 3.